The molecule has 0 saturated carbocycles. The molecule has 0 aliphatic carbocycles. The van der Waals surface area contributed by atoms with Crippen molar-refractivity contribution in [2.45, 2.75) is 26.8 Å². The molecule has 1 amide bonds. The summed E-state index contributed by atoms with van der Waals surface area (Å²) in [4.78, 5) is 25.1. The highest BCUT2D eigenvalue weighted by atomic mass is 35.5. The van der Waals surface area contributed by atoms with E-state index in [0.717, 1.165) is 21.6 Å². The van der Waals surface area contributed by atoms with Gasteiger partial charge in [-0.3, -0.25) is 4.79 Å². The Morgan fingerprint density at radius 2 is 2.08 bits per heavy atom. The lowest BCUT2D eigenvalue weighted by Gasteiger charge is -2.08. The van der Waals surface area contributed by atoms with E-state index in [1.165, 1.54) is 11.3 Å². The lowest BCUT2D eigenvalue weighted by Crippen LogP contribution is -2.33. The van der Waals surface area contributed by atoms with Crippen LogP contribution in [-0.4, -0.2) is 34.3 Å². The van der Waals surface area contributed by atoms with Gasteiger partial charge in [0.15, 0.2) is 6.61 Å². The highest BCUT2D eigenvalue weighted by Gasteiger charge is 2.19. The van der Waals surface area contributed by atoms with Gasteiger partial charge in [-0.15, -0.1) is 11.3 Å². The molecule has 8 heteroatoms. The Balaban J connectivity index is 1.86. The second kappa shape index (κ2) is 7.47. The predicted octanol–water partition coefficient (Wildman–Crippen LogP) is 3.73. The normalized spacial score (nSPS) is 11.1. The van der Waals surface area contributed by atoms with Crippen molar-refractivity contribution < 1.29 is 14.3 Å². The zero-order valence-corrected chi connectivity index (χ0v) is 16.1. The van der Waals surface area contributed by atoms with Crippen LogP contribution in [0.4, 0.5) is 0 Å². The fourth-order valence-corrected chi connectivity index (χ4v) is 3.79. The molecule has 0 radical (unpaired) electrons. The molecular formula is C18H18ClN3O3S. The van der Waals surface area contributed by atoms with Crippen LogP contribution in [-0.2, 0) is 9.53 Å². The zero-order chi connectivity index (χ0) is 18.8. The lowest BCUT2D eigenvalue weighted by atomic mass is 10.3. The minimum absolute atomic E-state index is 0.00483. The number of hydrogen-bond acceptors (Lipinski definition) is 5. The summed E-state index contributed by atoms with van der Waals surface area (Å²) in [5.74, 6) is -0.858. The summed E-state index contributed by atoms with van der Waals surface area (Å²) in [5, 5.41) is 8.61. The van der Waals surface area contributed by atoms with E-state index in [-0.39, 0.29) is 18.6 Å². The Bertz CT molecular complexity index is 977. The van der Waals surface area contributed by atoms with Gasteiger partial charge in [0.2, 0.25) is 0 Å². The fraction of sp³-hybridized carbons (Fsp3) is 0.278. The second-order valence-corrected chi connectivity index (χ2v) is 7.51. The number of para-hydroxylation sites is 1. The second-order valence-electron chi connectivity index (χ2n) is 6.08. The standard InChI is InChI=1S/C18H18ClN3O3S/c1-10(2)20-16(23)9-25-18(24)15-8-12-11(3)21-22(17(12)26-15)14-7-5-4-6-13(14)19/h4-8,10H,9H2,1-3H3,(H,20,23). The van der Waals surface area contributed by atoms with Crippen molar-refractivity contribution in [3.8, 4) is 5.69 Å². The number of fused-ring (bicyclic) bond motifs is 1. The summed E-state index contributed by atoms with van der Waals surface area (Å²) in [6.07, 6.45) is 0. The highest BCUT2D eigenvalue weighted by molar-refractivity contribution is 7.20. The number of ether oxygens (including phenoxy) is 1. The molecule has 1 N–H and O–H groups in total. The summed E-state index contributed by atoms with van der Waals surface area (Å²) >= 11 is 7.53. The molecule has 2 aromatic heterocycles. The van der Waals surface area contributed by atoms with Crippen molar-refractivity contribution >= 4 is 45.0 Å². The van der Waals surface area contributed by atoms with Gasteiger partial charge < -0.3 is 10.1 Å². The Hall–Kier alpha value is -2.38. The number of rotatable bonds is 5. The van der Waals surface area contributed by atoms with Crippen LogP contribution < -0.4 is 5.32 Å². The van der Waals surface area contributed by atoms with E-state index < -0.39 is 5.97 Å². The van der Waals surface area contributed by atoms with Gasteiger partial charge >= 0.3 is 5.97 Å². The molecular weight excluding hydrogens is 374 g/mol. The van der Waals surface area contributed by atoms with Crippen LogP contribution in [0.2, 0.25) is 5.02 Å². The maximum atomic E-state index is 12.3. The molecule has 1 aromatic carbocycles. The van der Waals surface area contributed by atoms with Crippen LogP contribution in [0.3, 0.4) is 0 Å². The molecule has 2 heterocycles. The van der Waals surface area contributed by atoms with E-state index in [0.29, 0.717) is 9.90 Å². The number of benzene rings is 1. The highest BCUT2D eigenvalue weighted by Crippen LogP contribution is 2.32. The van der Waals surface area contributed by atoms with Gasteiger partial charge in [-0.1, -0.05) is 23.7 Å². The van der Waals surface area contributed by atoms with Crippen LogP contribution in [0.25, 0.3) is 15.9 Å². The molecule has 0 fully saturated rings. The van der Waals surface area contributed by atoms with Gasteiger partial charge in [-0.2, -0.15) is 5.10 Å². The summed E-state index contributed by atoms with van der Waals surface area (Å²) in [5.41, 5.74) is 1.53. The smallest absolute Gasteiger partial charge is 0.348 e. The number of nitrogens with one attached hydrogen (secondary N) is 1. The van der Waals surface area contributed by atoms with Crippen molar-refractivity contribution in [2.24, 2.45) is 0 Å². The third-order valence-corrected chi connectivity index (χ3v) is 5.02. The molecule has 0 unspecified atom stereocenters. The predicted molar refractivity (Wildman–Crippen MR) is 102 cm³/mol. The van der Waals surface area contributed by atoms with Crippen molar-refractivity contribution in [1.82, 2.24) is 15.1 Å². The summed E-state index contributed by atoms with van der Waals surface area (Å²) in [6, 6.07) is 9.10. The number of thiophene rings is 1. The van der Waals surface area contributed by atoms with E-state index in [2.05, 4.69) is 10.4 Å². The van der Waals surface area contributed by atoms with E-state index in [1.807, 2.05) is 39.0 Å². The van der Waals surface area contributed by atoms with Crippen molar-refractivity contribution in [1.29, 1.82) is 0 Å². The quantitative estimate of drug-likeness (QED) is 0.672. The largest absolute Gasteiger partial charge is 0.451 e. The summed E-state index contributed by atoms with van der Waals surface area (Å²) in [6.45, 7) is 5.25. The number of carbonyl (C=O) groups excluding carboxylic acids is 2. The molecule has 0 spiro atoms. The molecule has 0 atom stereocenters. The van der Waals surface area contributed by atoms with E-state index in [1.54, 1.807) is 16.8 Å². The van der Waals surface area contributed by atoms with Crippen molar-refractivity contribution in [3.05, 3.63) is 45.9 Å². The average Bonchev–Trinajstić information content (AvgIpc) is 3.14. The number of carbonyl (C=O) groups is 2. The molecule has 6 nitrogen and oxygen atoms in total. The molecule has 26 heavy (non-hydrogen) atoms. The Morgan fingerprint density at radius 3 is 2.77 bits per heavy atom. The molecule has 0 saturated heterocycles. The molecule has 3 aromatic rings. The van der Waals surface area contributed by atoms with E-state index in [9.17, 15) is 9.59 Å². The number of nitrogens with zero attached hydrogens (tertiary/aromatic N) is 2. The summed E-state index contributed by atoms with van der Waals surface area (Å²) < 4.78 is 6.82. The van der Waals surface area contributed by atoms with Crippen molar-refractivity contribution in [2.75, 3.05) is 6.61 Å². The first-order valence-corrected chi connectivity index (χ1v) is 9.27. The number of aryl methyl sites for hydroxylation is 1. The molecule has 0 bridgehead atoms. The number of aromatic nitrogens is 2. The molecule has 0 aliphatic heterocycles. The van der Waals surface area contributed by atoms with Crippen LogP contribution >= 0.6 is 22.9 Å². The first-order valence-electron chi connectivity index (χ1n) is 8.07. The topological polar surface area (TPSA) is 73.2 Å². The maximum absolute atomic E-state index is 12.3. The Morgan fingerprint density at radius 1 is 1.35 bits per heavy atom. The molecule has 3 rings (SSSR count). The number of hydrogen-bond donors (Lipinski definition) is 1. The fourth-order valence-electron chi connectivity index (χ4n) is 2.50. The molecule has 136 valence electrons. The van der Waals surface area contributed by atoms with Gasteiger partial charge in [0, 0.05) is 11.4 Å². The van der Waals surface area contributed by atoms with E-state index in [4.69, 9.17) is 16.3 Å². The first kappa shape index (κ1) is 18.4. The van der Waals surface area contributed by atoms with Gasteiger partial charge in [0.05, 0.1) is 16.4 Å². The third-order valence-electron chi connectivity index (χ3n) is 3.61. The SMILES string of the molecule is Cc1nn(-c2ccccc2Cl)c2sc(C(=O)OCC(=O)NC(C)C)cc12. The summed E-state index contributed by atoms with van der Waals surface area (Å²) in [7, 11) is 0. The minimum atomic E-state index is -0.532. The number of esters is 1. The zero-order valence-electron chi connectivity index (χ0n) is 14.6. The van der Waals surface area contributed by atoms with Crippen LogP contribution in [0, 0.1) is 6.92 Å². The molecule has 0 aliphatic rings. The third kappa shape index (κ3) is 3.73. The minimum Gasteiger partial charge on any atom is -0.451 e. The van der Waals surface area contributed by atoms with Crippen molar-refractivity contribution in [3.63, 3.8) is 0 Å². The maximum Gasteiger partial charge on any atom is 0.348 e. The van der Waals surface area contributed by atoms with E-state index >= 15 is 0 Å². The number of halogens is 1. The Kier molecular flexibility index (Phi) is 5.29. The van der Waals surface area contributed by atoms with Crippen LogP contribution in [0.15, 0.2) is 30.3 Å². The lowest BCUT2D eigenvalue weighted by molar-refractivity contribution is -0.124. The average molecular weight is 392 g/mol. The first-order chi connectivity index (χ1) is 12.4. The van der Waals surface area contributed by atoms with Gasteiger partial charge in [0.25, 0.3) is 5.91 Å². The number of amides is 1. The van der Waals surface area contributed by atoms with Gasteiger partial charge in [-0.05, 0) is 39.0 Å². The van der Waals surface area contributed by atoms with Crippen LogP contribution in [0.1, 0.15) is 29.2 Å². The van der Waals surface area contributed by atoms with Crippen LogP contribution in [0.5, 0.6) is 0 Å². The van der Waals surface area contributed by atoms with Gasteiger partial charge in [0.1, 0.15) is 9.71 Å². The Labute approximate surface area is 159 Å². The monoisotopic (exact) mass is 391 g/mol. The van der Waals surface area contributed by atoms with Gasteiger partial charge in [-0.25, -0.2) is 9.48 Å².